The van der Waals surface area contributed by atoms with Crippen LogP contribution in [0.15, 0.2) is 29.2 Å². The number of nitrogens with one attached hydrogen (secondary N) is 1. The van der Waals surface area contributed by atoms with Gasteiger partial charge in [0.25, 0.3) is 0 Å². The van der Waals surface area contributed by atoms with E-state index in [9.17, 15) is 4.21 Å². The van der Waals surface area contributed by atoms with Gasteiger partial charge < -0.3 is 10.1 Å². The largest absolute Gasteiger partial charge is 0.381 e. The molecule has 0 aromatic heterocycles. The van der Waals surface area contributed by atoms with Crippen LogP contribution in [0.25, 0.3) is 0 Å². The molecule has 108 valence electrons. The molecule has 1 heterocycles. The number of anilines is 1. The Kier molecular flexibility index (Phi) is 2.93. The second-order valence-corrected chi connectivity index (χ2v) is 7.81. The molecule has 1 spiro atoms. The van der Waals surface area contributed by atoms with E-state index in [0.29, 0.717) is 23.5 Å². The molecule has 4 atom stereocenters. The van der Waals surface area contributed by atoms with Gasteiger partial charge in [-0.3, -0.25) is 4.21 Å². The van der Waals surface area contributed by atoms with E-state index < -0.39 is 10.8 Å². The summed E-state index contributed by atoms with van der Waals surface area (Å²) in [5, 5.41) is 3.73. The molecule has 3 aliphatic rings. The lowest BCUT2D eigenvalue weighted by atomic mass is 9.46. The average Bonchev–Trinajstić information content (AvgIpc) is 2.80. The van der Waals surface area contributed by atoms with E-state index in [1.54, 1.807) is 6.26 Å². The Balaban J connectivity index is 1.52. The van der Waals surface area contributed by atoms with Crippen LogP contribution in [-0.2, 0) is 15.5 Å². The number of benzene rings is 1. The summed E-state index contributed by atoms with van der Waals surface area (Å²) in [5.41, 5.74) is 1.56. The van der Waals surface area contributed by atoms with E-state index in [2.05, 4.69) is 17.4 Å². The van der Waals surface area contributed by atoms with Gasteiger partial charge >= 0.3 is 0 Å². The van der Waals surface area contributed by atoms with Gasteiger partial charge in [0.2, 0.25) is 0 Å². The summed E-state index contributed by atoms with van der Waals surface area (Å²) in [6, 6.07) is 8.63. The Hall–Kier alpha value is -0.870. The number of hydrogen-bond acceptors (Lipinski definition) is 3. The molecule has 0 bridgehead atoms. The van der Waals surface area contributed by atoms with Gasteiger partial charge in [0.1, 0.15) is 0 Å². The number of fused-ring (bicyclic) bond motifs is 2. The zero-order valence-electron chi connectivity index (χ0n) is 11.8. The Labute approximate surface area is 122 Å². The second kappa shape index (κ2) is 4.57. The predicted molar refractivity (Wildman–Crippen MR) is 80.3 cm³/mol. The van der Waals surface area contributed by atoms with Crippen molar-refractivity contribution in [2.24, 2.45) is 11.3 Å². The standard InChI is InChI=1S/C16H21NO2S/c1-20(18)12-5-3-11(4-6-12)17-14-13-7-10-19-15(13)16(14)8-2-9-16/h3-6,13-15,17H,2,7-10H2,1H3/t13-,14+,15-,20-/m0/s1. The Bertz CT molecular complexity index is 538. The maximum absolute atomic E-state index is 11.4. The van der Waals surface area contributed by atoms with Crippen LogP contribution in [0.4, 0.5) is 5.69 Å². The summed E-state index contributed by atoms with van der Waals surface area (Å²) in [5.74, 6) is 0.690. The minimum Gasteiger partial charge on any atom is -0.381 e. The van der Waals surface area contributed by atoms with Gasteiger partial charge in [-0.2, -0.15) is 0 Å². The highest BCUT2D eigenvalue weighted by Gasteiger charge is 2.66. The molecule has 1 aromatic carbocycles. The van der Waals surface area contributed by atoms with Crippen molar-refractivity contribution in [1.82, 2.24) is 0 Å². The first-order valence-electron chi connectivity index (χ1n) is 7.52. The zero-order valence-corrected chi connectivity index (χ0v) is 12.6. The lowest BCUT2D eigenvalue weighted by molar-refractivity contribution is -0.158. The number of rotatable bonds is 3. The van der Waals surface area contributed by atoms with Crippen LogP contribution >= 0.6 is 0 Å². The third kappa shape index (κ3) is 1.70. The lowest BCUT2D eigenvalue weighted by Gasteiger charge is -2.63. The van der Waals surface area contributed by atoms with Gasteiger partial charge in [-0.05, 0) is 43.5 Å². The van der Waals surface area contributed by atoms with Crippen molar-refractivity contribution < 1.29 is 8.95 Å². The van der Waals surface area contributed by atoms with E-state index in [1.165, 1.54) is 25.7 Å². The third-order valence-electron chi connectivity index (χ3n) is 5.54. The van der Waals surface area contributed by atoms with Crippen LogP contribution in [0.5, 0.6) is 0 Å². The van der Waals surface area contributed by atoms with Crippen LogP contribution in [0, 0.1) is 11.3 Å². The van der Waals surface area contributed by atoms with E-state index in [0.717, 1.165) is 17.2 Å². The molecule has 0 unspecified atom stereocenters. The fourth-order valence-electron chi connectivity index (χ4n) is 4.38. The molecule has 1 saturated heterocycles. The second-order valence-electron chi connectivity index (χ2n) is 6.43. The molecule has 1 aromatic rings. The minimum absolute atomic E-state index is 0.410. The highest BCUT2D eigenvalue weighted by Crippen LogP contribution is 2.63. The summed E-state index contributed by atoms with van der Waals surface area (Å²) in [4.78, 5) is 0.893. The molecule has 1 aliphatic heterocycles. The first-order chi connectivity index (χ1) is 9.71. The topological polar surface area (TPSA) is 38.3 Å². The van der Waals surface area contributed by atoms with Crippen molar-refractivity contribution in [1.29, 1.82) is 0 Å². The van der Waals surface area contributed by atoms with Crippen molar-refractivity contribution >= 4 is 16.5 Å². The summed E-state index contributed by atoms with van der Waals surface area (Å²) < 4.78 is 17.4. The number of hydrogen-bond donors (Lipinski definition) is 1. The van der Waals surface area contributed by atoms with Gasteiger partial charge in [0.15, 0.2) is 0 Å². The van der Waals surface area contributed by atoms with Crippen molar-refractivity contribution in [3.05, 3.63) is 24.3 Å². The smallest absolute Gasteiger partial charge is 0.0699 e. The summed E-state index contributed by atoms with van der Waals surface area (Å²) in [6.07, 6.45) is 7.39. The quantitative estimate of drug-likeness (QED) is 0.930. The third-order valence-corrected chi connectivity index (χ3v) is 6.48. The van der Waals surface area contributed by atoms with E-state index in [1.807, 2.05) is 12.1 Å². The predicted octanol–water partition coefficient (Wildman–Crippen LogP) is 2.79. The lowest BCUT2D eigenvalue weighted by Crippen LogP contribution is -2.68. The maximum Gasteiger partial charge on any atom is 0.0699 e. The highest BCUT2D eigenvalue weighted by atomic mass is 32.2. The van der Waals surface area contributed by atoms with E-state index in [4.69, 9.17) is 4.74 Å². The van der Waals surface area contributed by atoms with Gasteiger partial charge in [0, 0.05) is 51.6 Å². The Morgan fingerprint density at radius 3 is 2.65 bits per heavy atom. The van der Waals surface area contributed by atoms with Gasteiger partial charge in [-0.1, -0.05) is 6.42 Å². The van der Waals surface area contributed by atoms with Crippen molar-refractivity contribution in [2.45, 2.75) is 42.7 Å². The fourth-order valence-corrected chi connectivity index (χ4v) is 4.90. The maximum atomic E-state index is 11.4. The molecule has 1 N–H and O–H groups in total. The minimum atomic E-state index is -0.896. The Morgan fingerprint density at radius 1 is 1.30 bits per heavy atom. The first kappa shape index (κ1) is 12.8. The monoisotopic (exact) mass is 291 g/mol. The summed E-state index contributed by atoms with van der Waals surface area (Å²) >= 11 is 0. The van der Waals surface area contributed by atoms with E-state index in [-0.39, 0.29) is 0 Å². The van der Waals surface area contributed by atoms with Crippen molar-refractivity contribution in [3.63, 3.8) is 0 Å². The molecule has 3 nitrogen and oxygen atoms in total. The van der Waals surface area contributed by atoms with Crippen molar-refractivity contribution in [3.8, 4) is 0 Å². The van der Waals surface area contributed by atoms with Crippen molar-refractivity contribution in [2.75, 3.05) is 18.2 Å². The first-order valence-corrected chi connectivity index (χ1v) is 9.08. The molecule has 0 radical (unpaired) electrons. The van der Waals surface area contributed by atoms with Crippen LogP contribution in [0.3, 0.4) is 0 Å². The zero-order chi connectivity index (χ0) is 13.7. The average molecular weight is 291 g/mol. The molecule has 2 saturated carbocycles. The molecule has 20 heavy (non-hydrogen) atoms. The van der Waals surface area contributed by atoms with Crippen LogP contribution in [0.2, 0.25) is 0 Å². The molecule has 3 fully saturated rings. The van der Waals surface area contributed by atoms with Crippen LogP contribution < -0.4 is 5.32 Å². The molecular formula is C16H21NO2S. The molecule has 4 rings (SSSR count). The Morgan fingerprint density at radius 2 is 2.05 bits per heavy atom. The molecule has 0 amide bonds. The summed E-state index contributed by atoms with van der Waals surface area (Å²) in [6.45, 7) is 0.934. The highest BCUT2D eigenvalue weighted by molar-refractivity contribution is 7.84. The van der Waals surface area contributed by atoms with Gasteiger partial charge in [-0.15, -0.1) is 0 Å². The number of ether oxygens (including phenoxy) is 1. The van der Waals surface area contributed by atoms with Gasteiger partial charge in [-0.25, -0.2) is 0 Å². The van der Waals surface area contributed by atoms with Gasteiger partial charge in [0.05, 0.1) is 6.10 Å². The van der Waals surface area contributed by atoms with Crippen LogP contribution in [0.1, 0.15) is 25.7 Å². The van der Waals surface area contributed by atoms with Crippen LogP contribution in [-0.4, -0.2) is 29.2 Å². The molecular weight excluding hydrogens is 270 g/mol. The summed E-state index contributed by atoms with van der Waals surface area (Å²) in [7, 11) is -0.896. The molecule has 2 aliphatic carbocycles. The fraction of sp³-hybridized carbons (Fsp3) is 0.625. The van der Waals surface area contributed by atoms with E-state index >= 15 is 0 Å². The molecule has 4 heteroatoms. The SMILES string of the molecule is C[S@](=O)c1ccc(N[C@@H]2[C@@H]3CCO[C@@H]3C23CCC3)cc1. The normalized spacial score (nSPS) is 35.0.